The highest BCUT2D eigenvalue weighted by Crippen LogP contribution is 2.40. The maximum atomic E-state index is 13.8. The summed E-state index contributed by atoms with van der Waals surface area (Å²) in [7, 11) is 1.48. The number of non-ortho nitro benzene ring substituents is 1. The molecule has 2 aliphatic heterocycles. The number of hydrogen-bond acceptors (Lipinski definition) is 10. The van der Waals surface area contributed by atoms with Crippen molar-refractivity contribution < 1.29 is 28.7 Å². The molecule has 5 rings (SSSR count). The van der Waals surface area contributed by atoms with Crippen LogP contribution in [0, 0.1) is 10.1 Å². The molecule has 1 atom stereocenters. The Labute approximate surface area is 255 Å². The van der Waals surface area contributed by atoms with Crippen LogP contribution in [0.1, 0.15) is 35.6 Å². The predicted molar refractivity (Wildman–Crippen MR) is 162 cm³/mol. The minimum absolute atomic E-state index is 0.0000693. The van der Waals surface area contributed by atoms with Crippen LogP contribution < -0.4 is 11.1 Å². The van der Waals surface area contributed by atoms with Crippen molar-refractivity contribution in [1.82, 2.24) is 10.2 Å². The Morgan fingerprint density at radius 3 is 2.18 bits per heavy atom. The zero-order valence-electron chi connectivity index (χ0n) is 24.5. The van der Waals surface area contributed by atoms with Gasteiger partial charge in [-0.25, -0.2) is 9.59 Å². The molecule has 2 aliphatic rings. The first-order valence-electron chi connectivity index (χ1n) is 14.2. The summed E-state index contributed by atoms with van der Waals surface area (Å²) in [5, 5.41) is 14.5. The van der Waals surface area contributed by atoms with Crippen molar-refractivity contribution in [2.24, 2.45) is 5.73 Å². The Hall–Kier alpha value is -5.00. The second kappa shape index (κ2) is 13.5. The average molecular weight is 599 g/mol. The molecule has 2 heterocycles. The third-order valence-electron chi connectivity index (χ3n) is 7.71. The average Bonchev–Trinajstić information content (AvgIpc) is 3.00. The van der Waals surface area contributed by atoms with Crippen LogP contribution >= 0.6 is 0 Å². The number of hydrogen-bond donors (Lipinski definition) is 2. The van der Waals surface area contributed by atoms with Crippen molar-refractivity contribution in [2.45, 2.75) is 25.0 Å². The number of nitrogens with zero attached hydrogens (tertiary/aromatic N) is 2. The van der Waals surface area contributed by atoms with Crippen LogP contribution in [0.15, 0.2) is 108 Å². The van der Waals surface area contributed by atoms with Gasteiger partial charge in [-0.3, -0.25) is 15.0 Å². The number of nitrogens with two attached hydrogens (primary N) is 1. The van der Waals surface area contributed by atoms with Crippen LogP contribution in [0.5, 0.6) is 0 Å². The van der Waals surface area contributed by atoms with Gasteiger partial charge in [-0.1, -0.05) is 72.8 Å². The van der Waals surface area contributed by atoms with Crippen LogP contribution in [0.25, 0.3) is 0 Å². The monoisotopic (exact) mass is 598 g/mol. The molecule has 11 heteroatoms. The number of benzene rings is 3. The number of ether oxygens (including phenoxy) is 3. The van der Waals surface area contributed by atoms with Crippen molar-refractivity contribution >= 4 is 17.6 Å². The third-order valence-corrected chi connectivity index (χ3v) is 7.71. The molecular weight excluding hydrogens is 564 g/mol. The number of nitro benzene ring substituents is 1. The lowest BCUT2D eigenvalue weighted by molar-refractivity contribution is -0.384. The number of rotatable bonds is 11. The van der Waals surface area contributed by atoms with Crippen LogP contribution in [0.3, 0.4) is 0 Å². The lowest BCUT2D eigenvalue weighted by Gasteiger charge is -2.44. The zero-order valence-corrected chi connectivity index (χ0v) is 24.5. The number of carbonyl (C=O) groups is 2. The Morgan fingerprint density at radius 1 is 0.955 bits per heavy atom. The second-order valence-electron chi connectivity index (χ2n) is 10.6. The molecule has 1 fully saturated rings. The first kappa shape index (κ1) is 30.5. The van der Waals surface area contributed by atoms with E-state index in [1.165, 1.54) is 25.3 Å². The Kier molecular flexibility index (Phi) is 9.37. The van der Waals surface area contributed by atoms with Gasteiger partial charge in [-0.15, -0.1) is 0 Å². The fraction of sp³-hybridized carbons (Fsp3) is 0.273. The quantitative estimate of drug-likeness (QED) is 0.144. The molecule has 0 aliphatic carbocycles. The van der Waals surface area contributed by atoms with E-state index >= 15 is 0 Å². The third kappa shape index (κ3) is 6.48. The van der Waals surface area contributed by atoms with Gasteiger partial charge < -0.3 is 25.3 Å². The minimum Gasteiger partial charge on any atom is -0.460 e. The highest BCUT2D eigenvalue weighted by Gasteiger charge is 2.42. The van der Waals surface area contributed by atoms with Gasteiger partial charge in [0.25, 0.3) is 5.69 Å². The molecule has 11 nitrogen and oxygen atoms in total. The van der Waals surface area contributed by atoms with Crippen molar-refractivity contribution in [1.29, 1.82) is 0 Å². The summed E-state index contributed by atoms with van der Waals surface area (Å²) >= 11 is 0. The van der Waals surface area contributed by atoms with E-state index < -0.39 is 28.9 Å². The fourth-order valence-electron chi connectivity index (χ4n) is 5.65. The molecule has 3 N–H and O–H groups in total. The normalized spacial score (nSPS) is 17.2. The van der Waals surface area contributed by atoms with Gasteiger partial charge >= 0.3 is 11.9 Å². The maximum Gasteiger partial charge on any atom is 0.339 e. The summed E-state index contributed by atoms with van der Waals surface area (Å²) in [5.41, 5.74) is 9.18. The van der Waals surface area contributed by atoms with E-state index in [0.717, 1.165) is 11.1 Å². The van der Waals surface area contributed by atoms with Crippen molar-refractivity contribution in [3.8, 4) is 0 Å². The van der Waals surface area contributed by atoms with E-state index in [1.54, 1.807) is 13.0 Å². The Morgan fingerprint density at radius 2 is 1.59 bits per heavy atom. The topological polar surface area (TPSA) is 146 Å². The van der Waals surface area contributed by atoms with Crippen molar-refractivity contribution in [2.75, 3.05) is 33.4 Å². The van der Waals surface area contributed by atoms with Crippen molar-refractivity contribution in [3.05, 3.63) is 134 Å². The van der Waals surface area contributed by atoms with Gasteiger partial charge in [0.05, 0.1) is 34.6 Å². The minimum atomic E-state index is -1.06. The number of dihydropyridines is 1. The van der Waals surface area contributed by atoms with Crippen LogP contribution in [0.4, 0.5) is 5.69 Å². The molecule has 44 heavy (non-hydrogen) atoms. The van der Waals surface area contributed by atoms with Gasteiger partial charge in [0.1, 0.15) is 18.5 Å². The van der Waals surface area contributed by atoms with Gasteiger partial charge in [0.15, 0.2) is 0 Å². The van der Waals surface area contributed by atoms with E-state index in [0.29, 0.717) is 24.4 Å². The largest absolute Gasteiger partial charge is 0.460 e. The molecule has 0 aromatic heterocycles. The number of methoxy groups -OCH3 is 1. The molecule has 1 unspecified atom stereocenters. The number of allylic oxidation sites excluding steroid dienone is 1. The van der Waals surface area contributed by atoms with Gasteiger partial charge in [0.2, 0.25) is 0 Å². The van der Waals surface area contributed by atoms with Crippen LogP contribution in [0.2, 0.25) is 0 Å². The number of nitrogens with one attached hydrogen (secondary N) is 1. The molecule has 0 spiro atoms. The summed E-state index contributed by atoms with van der Waals surface area (Å²) < 4.78 is 16.3. The number of nitro groups is 1. The van der Waals surface area contributed by atoms with Crippen LogP contribution in [-0.2, 0) is 23.8 Å². The smallest absolute Gasteiger partial charge is 0.339 e. The summed E-state index contributed by atoms with van der Waals surface area (Å²) in [5.74, 6) is -2.48. The van der Waals surface area contributed by atoms with E-state index in [1.807, 2.05) is 36.4 Å². The van der Waals surface area contributed by atoms with Crippen LogP contribution in [-0.4, -0.2) is 61.3 Å². The molecule has 0 bridgehead atoms. The zero-order chi connectivity index (χ0) is 31.2. The first-order valence-corrected chi connectivity index (χ1v) is 14.2. The molecule has 1 saturated heterocycles. The fourth-order valence-corrected chi connectivity index (χ4v) is 5.65. The molecular formula is C33H34N4O7. The number of esters is 2. The molecule has 0 saturated carbocycles. The molecule has 228 valence electrons. The van der Waals surface area contributed by atoms with E-state index in [2.05, 4.69) is 34.5 Å². The Balaban J connectivity index is 1.40. The molecule has 3 aromatic carbocycles. The summed E-state index contributed by atoms with van der Waals surface area (Å²) in [6.45, 7) is 2.73. The Bertz CT molecular complexity index is 1540. The van der Waals surface area contributed by atoms with Gasteiger partial charge in [-0.2, -0.15) is 0 Å². The SMILES string of the molecule is COCCOC(=O)C1=C(C)NC(N)=C(C(=O)OC2CN(C(c3ccccc3)c3ccccc3)C2)C1c1cccc([N+](=O)[O-])c1. The summed E-state index contributed by atoms with van der Waals surface area (Å²) in [6.07, 6.45) is -0.437. The first-order chi connectivity index (χ1) is 21.3. The maximum absolute atomic E-state index is 13.8. The van der Waals surface area contributed by atoms with E-state index in [9.17, 15) is 19.7 Å². The van der Waals surface area contributed by atoms with Gasteiger partial charge in [0, 0.05) is 38.0 Å². The highest BCUT2D eigenvalue weighted by molar-refractivity contribution is 6.00. The standard InChI is InChI=1S/C33H34N4O7/c1-21-27(32(38)43-17-16-42-2)28(24-14-9-15-25(18-24)37(40)41)29(31(34)35-21)33(39)44-26-19-36(20-26)30(22-10-5-3-6-11-22)23-12-7-4-8-13-23/h3-15,18,26,28,30,35H,16-17,19-20,34H2,1-2H3. The molecule has 0 radical (unpaired) electrons. The lowest BCUT2D eigenvalue weighted by atomic mass is 9.81. The number of likely N-dealkylation sites (tertiary alicyclic amines) is 1. The van der Waals surface area contributed by atoms with Crippen molar-refractivity contribution in [3.63, 3.8) is 0 Å². The summed E-state index contributed by atoms with van der Waals surface area (Å²) in [4.78, 5) is 40.4. The second-order valence-corrected chi connectivity index (χ2v) is 10.6. The van der Waals surface area contributed by atoms with Gasteiger partial charge in [-0.05, 0) is 23.6 Å². The lowest BCUT2D eigenvalue weighted by Crippen LogP contribution is -2.54. The molecule has 3 aromatic rings. The summed E-state index contributed by atoms with van der Waals surface area (Å²) in [6, 6.07) is 25.9. The predicted octanol–water partition coefficient (Wildman–Crippen LogP) is 3.93. The highest BCUT2D eigenvalue weighted by atomic mass is 16.6. The van der Waals surface area contributed by atoms with E-state index in [4.69, 9.17) is 19.9 Å². The number of carbonyl (C=O) groups excluding carboxylic acids is 2. The van der Waals surface area contributed by atoms with E-state index in [-0.39, 0.29) is 41.9 Å². The molecule has 0 amide bonds.